The molecule has 5 nitrogen and oxygen atoms in total. The van der Waals surface area contributed by atoms with Gasteiger partial charge < -0.3 is 10.6 Å². The molecule has 0 aliphatic rings. The van der Waals surface area contributed by atoms with E-state index in [1.807, 2.05) is 26.8 Å². The van der Waals surface area contributed by atoms with Crippen molar-refractivity contribution in [2.75, 3.05) is 11.9 Å². The molecule has 0 unspecified atom stereocenters. The first-order valence-electron chi connectivity index (χ1n) is 7.65. The first kappa shape index (κ1) is 18.1. The molecule has 0 fully saturated rings. The van der Waals surface area contributed by atoms with Crippen molar-refractivity contribution in [3.8, 4) is 0 Å². The van der Waals surface area contributed by atoms with Crippen molar-refractivity contribution >= 4 is 33.4 Å². The number of nitrogens with one attached hydrogen (secondary N) is 2. The van der Waals surface area contributed by atoms with Crippen LogP contribution in [0.15, 0.2) is 34.8 Å². The average Bonchev–Trinajstić information content (AvgIpc) is 2.51. The Hall–Kier alpha value is -2.21. The number of hydrogen-bond donors (Lipinski definition) is 2. The highest BCUT2D eigenvalue weighted by atomic mass is 79.9. The Morgan fingerprint density at radius 3 is 2.42 bits per heavy atom. The van der Waals surface area contributed by atoms with E-state index in [2.05, 4.69) is 31.5 Å². The Labute approximate surface area is 150 Å². The molecule has 0 saturated carbocycles. The van der Waals surface area contributed by atoms with Gasteiger partial charge in [0.1, 0.15) is 0 Å². The van der Waals surface area contributed by atoms with Crippen LogP contribution in [0.3, 0.4) is 0 Å². The van der Waals surface area contributed by atoms with Crippen LogP contribution in [0.2, 0.25) is 0 Å². The third kappa shape index (κ3) is 4.89. The fraction of sp³-hybridized carbons (Fsp3) is 0.278. The second-order valence-corrected chi connectivity index (χ2v) is 6.52. The normalized spacial score (nSPS) is 10.3. The predicted octanol–water partition coefficient (Wildman–Crippen LogP) is 3.53. The van der Waals surface area contributed by atoms with Crippen molar-refractivity contribution in [2.45, 2.75) is 27.2 Å². The minimum atomic E-state index is -0.195. The van der Waals surface area contributed by atoms with Crippen molar-refractivity contribution in [1.82, 2.24) is 10.3 Å². The Morgan fingerprint density at radius 1 is 1.12 bits per heavy atom. The lowest BCUT2D eigenvalue weighted by molar-refractivity contribution is -0.116. The Morgan fingerprint density at radius 2 is 1.79 bits per heavy atom. The van der Waals surface area contributed by atoms with Crippen LogP contribution in [0.25, 0.3) is 0 Å². The molecule has 0 aliphatic heterocycles. The summed E-state index contributed by atoms with van der Waals surface area (Å²) < 4.78 is 0.913. The van der Waals surface area contributed by atoms with Gasteiger partial charge in [0.15, 0.2) is 0 Å². The van der Waals surface area contributed by atoms with Gasteiger partial charge >= 0.3 is 0 Å². The van der Waals surface area contributed by atoms with E-state index in [1.165, 1.54) is 0 Å². The molecule has 0 atom stereocenters. The molecule has 0 aliphatic carbocycles. The Kier molecular flexibility index (Phi) is 6.09. The number of halogens is 1. The summed E-state index contributed by atoms with van der Waals surface area (Å²) in [5.41, 5.74) is 4.00. The van der Waals surface area contributed by atoms with Gasteiger partial charge in [-0.1, -0.05) is 15.9 Å². The van der Waals surface area contributed by atoms with Crippen molar-refractivity contribution in [3.63, 3.8) is 0 Å². The van der Waals surface area contributed by atoms with Gasteiger partial charge in [0.05, 0.1) is 11.4 Å². The maximum Gasteiger partial charge on any atom is 0.251 e. The van der Waals surface area contributed by atoms with E-state index in [-0.39, 0.29) is 24.8 Å². The zero-order chi connectivity index (χ0) is 17.7. The lowest BCUT2D eigenvalue weighted by Gasteiger charge is -2.12. The van der Waals surface area contributed by atoms with Crippen LogP contribution >= 0.6 is 15.9 Å². The molecule has 0 bridgehead atoms. The quantitative estimate of drug-likeness (QED) is 0.821. The van der Waals surface area contributed by atoms with Gasteiger partial charge in [-0.25, -0.2) is 0 Å². The predicted molar refractivity (Wildman–Crippen MR) is 98.2 cm³/mol. The van der Waals surface area contributed by atoms with Gasteiger partial charge in [0.25, 0.3) is 5.91 Å². The van der Waals surface area contributed by atoms with Crippen LogP contribution < -0.4 is 10.6 Å². The van der Waals surface area contributed by atoms with Crippen LogP contribution in [-0.4, -0.2) is 23.3 Å². The number of nitrogens with zero attached hydrogens (tertiary/aromatic N) is 1. The van der Waals surface area contributed by atoms with Gasteiger partial charge in [-0.15, -0.1) is 0 Å². The molecule has 2 aromatic rings. The molecule has 0 saturated heterocycles. The monoisotopic (exact) mass is 389 g/mol. The zero-order valence-corrected chi connectivity index (χ0v) is 15.5. The molecular weight excluding hydrogens is 370 g/mol. The number of carbonyl (C=O) groups is 2. The lowest BCUT2D eigenvalue weighted by Crippen LogP contribution is -2.27. The summed E-state index contributed by atoms with van der Waals surface area (Å²) in [6.07, 6.45) is 0.203. The highest BCUT2D eigenvalue weighted by molar-refractivity contribution is 9.10. The third-order valence-electron chi connectivity index (χ3n) is 3.53. The van der Waals surface area contributed by atoms with E-state index in [1.54, 1.807) is 24.3 Å². The van der Waals surface area contributed by atoms with E-state index >= 15 is 0 Å². The van der Waals surface area contributed by atoms with Crippen molar-refractivity contribution < 1.29 is 9.59 Å². The van der Waals surface area contributed by atoms with E-state index in [0.29, 0.717) is 5.56 Å². The SMILES string of the molecule is Cc1cc(C)c(NC(=O)CCNC(=O)c2ccc(Br)cc2)c(C)n1. The number of amides is 2. The lowest BCUT2D eigenvalue weighted by atomic mass is 10.1. The van der Waals surface area contributed by atoms with Gasteiger partial charge in [-0.3, -0.25) is 14.6 Å². The van der Waals surface area contributed by atoms with Crippen LogP contribution in [-0.2, 0) is 4.79 Å². The largest absolute Gasteiger partial charge is 0.352 e. The topological polar surface area (TPSA) is 71.1 Å². The molecule has 0 radical (unpaired) electrons. The fourth-order valence-corrected chi connectivity index (χ4v) is 2.67. The molecule has 1 aromatic carbocycles. The van der Waals surface area contributed by atoms with Crippen LogP contribution in [0.5, 0.6) is 0 Å². The molecule has 0 spiro atoms. The smallest absolute Gasteiger partial charge is 0.251 e. The number of carbonyl (C=O) groups excluding carboxylic acids is 2. The molecule has 24 heavy (non-hydrogen) atoms. The number of benzene rings is 1. The number of rotatable bonds is 5. The summed E-state index contributed by atoms with van der Waals surface area (Å²) in [5.74, 6) is -0.345. The van der Waals surface area contributed by atoms with E-state index in [0.717, 1.165) is 27.1 Å². The summed E-state index contributed by atoms with van der Waals surface area (Å²) in [5, 5.41) is 5.61. The second kappa shape index (κ2) is 8.06. The Bertz CT molecular complexity index is 734. The molecule has 1 aromatic heterocycles. The molecule has 126 valence electrons. The van der Waals surface area contributed by atoms with E-state index < -0.39 is 0 Å². The molecular formula is C18H20BrN3O2. The highest BCUT2D eigenvalue weighted by Gasteiger charge is 2.10. The van der Waals surface area contributed by atoms with Crippen molar-refractivity contribution in [2.24, 2.45) is 0 Å². The summed E-state index contributed by atoms with van der Waals surface area (Å²) in [7, 11) is 0. The number of anilines is 1. The molecule has 2 N–H and O–H groups in total. The second-order valence-electron chi connectivity index (χ2n) is 5.60. The first-order valence-corrected chi connectivity index (χ1v) is 8.44. The zero-order valence-electron chi connectivity index (χ0n) is 13.9. The fourth-order valence-electron chi connectivity index (χ4n) is 2.41. The third-order valence-corrected chi connectivity index (χ3v) is 4.06. The number of aromatic nitrogens is 1. The molecule has 6 heteroatoms. The standard InChI is InChI=1S/C18H20BrN3O2/c1-11-10-12(2)21-13(3)17(11)22-16(23)8-9-20-18(24)14-4-6-15(19)7-5-14/h4-7,10H,8-9H2,1-3H3,(H,20,24)(H,22,23). The minimum absolute atomic E-state index is 0.150. The maximum absolute atomic E-state index is 12.1. The molecule has 1 heterocycles. The van der Waals surface area contributed by atoms with Gasteiger partial charge in [0, 0.05) is 28.7 Å². The van der Waals surface area contributed by atoms with Gasteiger partial charge in [-0.05, 0) is 56.7 Å². The Balaban J connectivity index is 1.85. The van der Waals surface area contributed by atoms with Gasteiger partial charge in [0.2, 0.25) is 5.91 Å². The number of pyridine rings is 1. The summed E-state index contributed by atoms with van der Waals surface area (Å²) in [4.78, 5) is 28.4. The van der Waals surface area contributed by atoms with E-state index in [9.17, 15) is 9.59 Å². The van der Waals surface area contributed by atoms with Crippen molar-refractivity contribution in [3.05, 3.63) is 57.3 Å². The van der Waals surface area contributed by atoms with Crippen molar-refractivity contribution in [1.29, 1.82) is 0 Å². The first-order chi connectivity index (χ1) is 11.4. The highest BCUT2D eigenvalue weighted by Crippen LogP contribution is 2.19. The van der Waals surface area contributed by atoms with Crippen LogP contribution in [0.4, 0.5) is 5.69 Å². The van der Waals surface area contributed by atoms with E-state index in [4.69, 9.17) is 0 Å². The minimum Gasteiger partial charge on any atom is -0.352 e. The summed E-state index contributed by atoms with van der Waals surface area (Å²) >= 11 is 3.32. The number of aryl methyl sites for hydroxylation is 3. The van der Waals surface area contributed by atoms with Gasteiger partial charge in [-0.2, -0.15) is 0 Å². The maximum atomic E-state index is 12.1. The molecule has 2 amide bonds. The number of hydrogen-bond acceptors (Lipinski definition) is 3. The van der Waals surface area contributed by atoms with Crippen LogP contribution in [0.1, 0.15) is 33.7 Å². The molecule has 2 rings (SSSR count). The average molecular weight is 390 g/mol. The summed E-state index contributed by atoms with van der Waals surface area (Å²) in [6.45, 7) is 6.00. The summed E-state index contributed by atoms with van der Waals surface area (Å²) in [6, 6.07) is 8.99. The van der Waals surface area contributed by atoms with Crippen LogP contribution in [0, 0.1) is 20.8 Å².